The molecule has 0 radical (unpaired) electrons. The van der Waals surface area contributed by atoms with Gasteiger partial charge in [0.1, 0.15) is 5.75 Å². The van der Waals surface area contributed by atoms with E-state index < -0.39 is 5.60 Å². The molecule has 0 saturated carbocycles. The number of benzene rings is 1. The summed E-state index contributed by atoms with van der Waals surface area (Å²) in [5.74, 6) is 0.932. The Morgan fingerprint density at radius 2 is 2.05 bits per heavy atom. The lowest BCUT2D eigenvalue weighted by Gasteiger charge is -2.20. The van der Waals surface area contributed by atoms with Gasteiger partial charge in [-0.2, -0.15) is 0 Å². The van der Waals surface area contributed by atoms with Crippen molar-refractivity contribution in [2.75, 3.05) is 13.2 Å². The molecule has 0 saturated heterocycles. The number of halogens is 1. The third kappa shape index (κ3) is 6.25. The van der Waals surface area contributed by atoms with Gasteiger partial charge in [0, 0.05) is 23.0 Å². The van der Waals surface area contributed by atoms with E-state index in [0.717, 1.165) is 40.9 Å². The number of rotatable bonds is 8. The maximum Gasteiger partial charge on any atom is 0.126 e. The van der Waals surface area contributed by atoms with Gasteiger partial charge >= 0.3 is 0 Å². The molecule has 1 aromatic rings. The second-order valence-corrected chi connectivity index (χ2v) is 6.71. The first kappa shape index (κ1) is 17.5. The lowest BCUT2D eigenvalue weighted by molar-refractivity contribution is 0.0551. The monoisotopic (exact) mass is 343 g/mol. The minimum atomic E-state index is -0.691. The Morgan fingerprint density at radius 3 is 2.65 bits per heavy atom. The van der Waals surface area contributed by atoms with Gasteiger partial charge in [-0.15, -0.1) is 0 Å². The molecular formula is C16H26BrNO2. The third-order valence-electron chi connectivity index (χ3n) is 3.02. The Balaban J connectivity index is 2.75. The van der Waals surface area contributed by atoms with Gasteiger partial charge in [-0.05, 0) is 51.4 Å². The summed E-state index contributed by atoms with van der Waals surface area (Å²) >= 11 is 3.53. The second kappa shape index (κ2) is 8.01. The highest BCUT2D eigenvalue weighted by Crippen LogP contribution is 2.28. The van der Waals surface area contributed by atoms with Crippen LogP contribution in [0.15, 0.2) is 16.6 Å². The molecule has 0 atom stereocenters. The molecule has 0 spiro atoms. The maximum absolute atomic E-state index is 9.75. The zero-order valence-corrected chi connectivity index (χ0v) is 14.5. The van der Waals surface area contributed by atoms with E-state index in [9.17, 15) is 5.11 Å². The average Bonchev–Trinajstić information content (AvgIpc) is 2.31. The lowest BCUT2D eigenvalue weighted by atomic mass is 10.1. The minimum Gasteiger partial charge on any atom is -0.493 e. The van der Waals surface area contributed by atoms with Crippen molar-refractivity contribution < 1.29 is 9.84 Å². The van der Waals surface area contributed by atoms with Crippen LogP contribution in [0, 0.1) is 6.92 Å². The Labute approximate surface area is 130 Å². The molecule has 0 heterocycles. The summed E-state index contributed by atoms with van der Waals surface area (Å²) in [5, 5.41) is 13.2. The summed E-state index contributed by atoms with van der Waals surface area (Å²) in [6.45, 7) is 10.1. The first-order valence-electron chi connectivity index (χ1n) is 7.18. The highest BCUT2D eigenvalue weighted by atomic mass is 79.9. The number of aryl methyl sites for hydroxylation is 1. The van der Waals surface area contributed by atoms with Gasteiger partial charge in [-0.1, -0.05) is 22.9 Å². The van der Waals surface area contributed by atoms with Crippen molar-refractivity contribution >= 4 is 15.9 Å². The van der Waals surface area contributed by atoms with Crippen molar-refractivity contribution in [1.82, 2.24) is 5.32 Å². The molecule has 1 aromatic carbocycles. The molecule has 2 N–H and O–H groups in total. The molecule has 4 heteroatoms. The van der Waals surface area contributed by atoms with Gasteiger partial charge in [0.25, 0.3) is 0 Å². The fourth-order valence-corrected chi connectivity index (χ4v) is 2.56. The molecule has 1 rings (SSSR count). The Kier molecular flexibility index (Phi) is 7.00. The number of hydrogen-bond acceptors (Lipinski definition) is 3. The van der Waals surface area contributed by atoms with Gasteiger partial charge in [0.05, 0.1) is 12.2 Å². The van der Waals surface area contributed by atoms with Crippen LogP contribution in [-0.4, -0.2) is 23.9 Å². The molecule has 0 unspecified atom stereocenters. The summed E-state index contributed by atoms with van der Waals surface area (Å²) in [6, 6.07) is 4.15. The molecule has 114 valence electrons. The summed E-state index contributed by atoms with van der Waals surface area (Å²) in [6.07, 6.45) is 1.73. The predicted octanol–water partition coefficient (Wildman–Crippen LogP) is 3.80. The number of nitrogens with one attached hydrogen (secondary N) is 1. The van der Waals surface area contributed by atoms with Gasteiger partial charge < -0.3 is 15.2 Å². The normalized spacial score (nSPS) is 11.7. The van der Waals surface area contributed by atoms with Crippen LogP contribution in [0.4, 0.5) is 0 Å². The maximum atomic E-state index is 9.75. The molecule has 0 bridgehead atoms. The Hall–Kier alpha value is -0.580. The minimum absolute atomic E-state index is 0.521. The molecular weight excluding hydrogens is 318 g/mol. The highest BCUT2D eigenvalue weighted by Gasteiger charge is 2.14. The van der Waals surface area contributed by atoms with E-state index in [4.69, 9.17) is 4.74 Å². The van der Waals surface area contributed by atoms with E-state index in [1.165, 1.54) is 0 Å². The summed E-state index contributed by atoms with van der Waals surface area (Å²) < 4.78 is 6.98. The van der Waals surface area contributed by atoms with Crippen molar-refractivity contribution in [3.05, 3.63) is 27.7 Å². The van der Waals surface area contributed by atoms with E-state index in [1.807, 2.05) is 6.92 Å². The van der Waals surface area contributed by atoms with Crippen molar-refractivity contribution in [1.29, 1.82) is 0 Å². The van der Waals surface area contributed by atoms with E-state index in [1.54, 1.807) is 13.8 Å². The Bertz CT molecular complexity index is 427. The van der Waals surface area contributed by atoms with Crippen LogP contribution in [0.5, 0.6) is 5.75 Å². The molecule has 20 heavy (non-hydrogen) atoms. The third-order valence-corrected chi connectivity index (χ3v) is 3.48. The molecule has 0 fully saturated rings. The van der Waals surface area contributed by atoms with Gasteiger partial charge in [-0.3, -0.25) is 0 Å². The van der Waals surface area contributed by atoms with E-state index in [2.05, 4.69) is 40.3 Å². The second-order valence-electron chi connectivity index (χ2n) is 5.80. The lowest BCUT2D eigenvalue weighted by Crippen LogP contribution is -2.22. The number of hydrogen-bond donors (Lipinski definition) is 2. The van der Waals surface area contributed by atoms with Crippen LogP contribution in [0.1, 0.15) is 44.7 Å². The van der Waals surface area contributed by atoms with Crippen LogP contribution < -0.4 is 10.1 Å². The van der Waals surface area contributed by atoms with Gasteiger partial charge in [-0.25, -0.2) is 0 Å². The van der Waals surface area contributed by atoms with Gasteiger partial charge in [0.2, 0.25) is 0 Å². The fraction of sp³-hybridized carbons (Fsp3) is 0.625. The van der Waals surface area contributed by atoms with E-state index in [-0.39, 0.29) is 0 Å². The molecule has 0 aliphatic carbocycles. The predicted molar refractivity (Wildman–Crippen MR) is 87.3 cm³/mol. The number of aliphatic hydroxyl groups is 1. The first-order chi connectivity index (χ1) is 9.33. The highest BCUT2D eigenvalue weighted by molar-refractivity contribution is 9.10. The van der Waals surface area contributed by atoms with Crippen molar-refractivity contribution in [3.63, 3.8) is 0 Å². The van der Waals surface area contributed by atoms with E-state index >= 15 is 0 Å². The molecule has 0 aromatic heterocycles. The summed E-state index contributed by atoms with van der Waals surface area (Å²) in [4.78, 5) is 0. The smallest absolute Gasteiger partial charge is 0.126 e. The summed E-state index contributed by atoms with van der Waals surface area (Å²) in [5.41, 5.74) is 1.58. The number of ether oxygens (including phenoxy) is 1. The van der Waals surface area contributed by atoms with E-state index in [0.29, 0.717) is 13.0 Å². The van der Waals surface area contributed by atoms with Crippen LogP contribution in [0.3, 0.4) is 0 Å². The van der Waals surface area contributed by atoms with Crippen molar-refractivity contribution in [2.45, 2.75) is 52.7 Å². The topological polar surface area (TPSA) is 41.5 Å². The molecule has 0 aliphatic heterocycles. The van der Waals surface area contributed by atoms with Crippen LogP contribution >= 0.6 is 15.9 Å². The van der Waals surface area contributed by atoms with Crippen molar-refractivity contribution in [3.8, 4) is 5.75 Å². The van der Waals surface area contributed by atoms with Crippen molar-refractivity contribution in [2.24, 2.45) is 0 Å². The SMILES string of the molecule is CCCNCc1cc(Br)cc(C)c1OCCC(C)(C)O. The first-order valence-corrected chi connectivity index (χ1v) is 7.97. The average molecular weight is 344 g/mol. The molecule has 0 aliphatic rings. The zero-order valence-electron chi connectivity index (χ0n) is 12.9. The van der Waals surface area contributed by atoms with Crippen LogP contribution in [0.2, 0.25) is 0 Å². The Morgan fingerprint density at radius 1 is 1.35 bits per heavy atom. The van der Waals surface area contributed by atoms with Crippen LogP contribution in [0.25, 0.3) is 0 Å². The zero-order chi connectivity index (χ0) is 15.2. The summed E-state index contributed by atoms with van der Waals surface area (Å²) in [7, 11) is 0. The van der Waals surface area contributed by atoms with Crippen LogP contribution in [-0.2, 0) is 6.54 Å². The quantitative estimate of drug-likeness (QED) is 0.705. The van der Waals surface area contributed by atoms with Gasteiger partial charge in [0.15, 0.2) is 0 Å². The standard InChI is InChI=1S/C16H26BrNO2/c1-5-7-18-11-13-10-14(17)9-12(2)15(13)20-8-6-16(3,4)19/h9-10,18-19H,5-8,11H2,1-4H3. The molecule has 3 nitrogen and oxygen atoms in total. The largest absolute Gasteiger partial charge is 0.493 e. The molecule has 0 amide bonds. The fourth-order valence-electron chi connectivity index (χ4n) is 1.94.